The van der Waals surface area contributed by atoms with Crippen LogP contribution in [0.2, 0.25) is 0 Å². The van der Waals surface area contributed by atoms with Crippen molar-refractivity contribution in [2.45, 2.75) is 26.3 Å². The number of aromatic nitrogens is 1. The van der Waals surface area contributed by atoms with Gasteiger partial charge in [0.1, 0.15) is 0 Å². The summed E-state index contributed by atoms with van der Waals surface area (Å²) in [5.41, 5.74) is 8.93. The van der Waals surface area contributed by atoms with E-state index in [9.17, 15) is 0 Å². The summed E-state index contributed by atoms with van der Waals surface area (Å²) >= 11 is 0. The number of nitrogens with zero attached hydrogens (tertiary/aromatic N) is 1. The van der Waals surface area contributed by atoms with E-state index in [1.54, 1.807) is 0 Å². The fourth-order valence-electron chi connectivity index (χ4n) is 1.93. The number of hydrogen-bond donors (Lipinski definition) is 1. The fourth-order valence-corrected chi connectivity index (χ4v) is 1.93. The Labute approximate surface area is 114 Å². The van der Waals surface area contributed by atoms with E-state index in [-0.39, 0.29) is 0 Å². The molecule has 0 aliphatic heterocycles. The molecule has 1 aromatic heterocycles. The summed E-state index contributed by atoms with van der Waals surface area (Å²) in [4.78, 5) is 4.39. The van der Waals surface area contributed by atoms with Crippen molar-refractivity contribution in [3.63, 3.8) is 0 Å². The smallest absolute Gasteiger partial charge is 0.218 e. The van der Waals surface area contributed by atoms with Crippen LogP contribution in [0, 0.1) is 6.92 Å². The maximum absolute atomic E-state index is 5.74. The van der Waals surface area contributed by atoms with Crippen LogP contribution in [0.3, 0.4) is 0 Å². The Morgan fingerprint density at radius 3 is 2.63 bits per heavy atom. The number of nitrogens with two attached hydrogens (primary N) is 1. The lowest BCUT2D eigenvalue weighted by Gasteiger charge is -2.10. The van der Waals surface area contributed by atoms with E-state index < -0.39 is 0 Å². The molecular weight excluding hydrogens is 236 g/mol. The maximum Gasteiger partial charge on any atom is 0.218 e. The molecule has 3 heteroatoms. The van der Waals surface area contributed by atoms with E-state index in [4.69, 9.17) is 10.5 Å². The van der Waals surface area contributed by atoms with E-state index in [1.165, 1.54) is 5.56 Å². The van der Waals surface area contributed by atoms with Gasteiger partial charge in [0.2, 0.25) is 5.88 Å². The Hall–Kier alpha value is -1.87. The molecule has 0 spiro atoms. The summed E-state index contributed by atoms with van der Waals surface area (Å²) in [6.45, 7) is 3.08. The molecule has 0 amide bonds. The number of pyridine rings is 1. The Kier molecular flexibility index (Phi) is 4.93. The first-order valence-corrected chi connectivity index (χ1v) is 6.63. The van der Waals surface area contributed by atoms with Crippen molar-refractivity contribution in [3.8, 4) is 5.88 Å². The lowest BCUT2D eigenvalue weighted by atomic mass is 10.1. The van der Waals surface area contributed by atoms with Crippen molar-refractivity contribution in [2.75, 3.05) is 6.61 Å². The zero-order valence-electron chi connectivity index (χ0n) is 11.3. The van der Waals surface area contributed by atoms with Gasteiger partial charge in [-0.1, -0.05) is 36.4 Å². The van der Waals surface area contributed by atoms with E-state index in [0.29, 0.717) is 19.0 Å². The lowest BCUT2D eigenvalue weighted by molar-refractivity contribution is 0.295. The summed E-state index contributed by atoms with van der Waals surface area (Å²) in [7, 11) is 0. The van der Waals surface area contributed by atoms with E-state index >= 15 is 0 Å². The molecule has 0 bridgehead atoms. The molecule has 1 heterocycles. The zero-order valence-corrected chi connectivity index (χ0v) is 11.3. The molecular formula is C16H20N2O. The molecule has 0 radical (unpaired) electrons. The number of benzene rings is 1. The average molecular weight is 256 g/mol. The van der Waals surface area contributed by atoms with Crippen molar-refractivity contribution < 1.29 is 4.74 Å². The van der Waals surface area contributed by atoms with Crippen LogP contribution in [0.25, 0.3) is 0 Å². The Bertz CT molecular complexity index is 511. The van der Waals surface area contributed by atoms with Gasteiger partial charge in [-0.15, -0.1) is 0 Å². The first kappa shape index (κ1) is 13.6. The topological polar surface area (TPSA) is 48.1 Å². The van der Waals surface area contributed by atoms with Gasteiger partial charge in [0.25, 0.3) is 0 Å². The highest BCUT2D eigenvalue weighted by Gasteiger charge is 2.04. The Balaban J connectivity index is 1.84. The minimum Gasteiger partial charge on any atom is -0.477 e. The number of aryl methyl sites for hydroxylation is 2. The van der Waals surface area contributed by atoms with Gasteiger partial charge in [-0.05, 0) is 31.4 Å². The maximum atomic E-state index is 5.74. The average Bonchev–Trinajstić information content (AvgIpc) is 2.45. The third-order valence-corrected chi connectivity index (χ3v) is 2.99. The van der Waals surface area contributed by atoms with E-state index in [2.05, 4.69) is 29.2 Å². The predicted octanol–water partition coefficient (Wildman–Crippen LogP) is 2.86. The van der Waals surface area contributed by atoms with Gasteiger partial charge < -0.3 is 10.5 Å². The SMILES string of the molecule is Cc1ccc(CN)c(OCCCc2ccccc2)n1. The van der Waals surface area contributed by atoms with Gasteiger partial charge in [0, 0.05) is 17.8 Å². The highest BCUT2D eigenvalue weighted by molar-refractivity contribution is 5.27. The van der Waals surface area contributed by atoms with Gasteiger partial charge in [0.05, 0.1) is 6.61 Å². The van der Waals surface area contributed by atoms with Gasteiger partial charge in [-0.2, -0.15) is 0 Å². The van der Waals surface area contributed by atoms with Gasteiger partial charge in [-0.25, -0.2) is 4.98 Å². The summed E-state index contributed by atoms with van der Waals surface area (Å²) in [6.07, 6.45) is 1.99. The Morgan fingerprint density at radius 1 is 1.11 bits per heavy atom. The van der Waals surface area contributed by atoms with Crippen LogP contribution in [0.4, 0.5) is 0 Å². The quantitative estimate of drug-likeness (QED) is 0.808. The van der Waals surface area contributed by atoms with Crippen LogP contribution in [0.15, 0.2) is 42.5 Å². The number of hydrogen-bond acceptors (Lipinski definition) is 3. The van der Waals surface area contributed by atoms with Crippen molar-refractivity contribution in [3.05, 3.63) is 59.3 Å². The first-order valence-electron chi connectivity index (χ1n) is 6.63. The highest BCUT2D eigenvalue weighted by atomic mass is 16.5. The minimum absolute atomic E-state index is 0.460. The second-order valence-corrected chi connectivity index (χ2v) is 4.56. The molecule has 1 aromatic carbocycles. The van der Waals surface area contributed by atoms with Crippen LogP contribution in [-0.2, 0) is 13.0 Å². The van der Waals surface area contributed by atoms with Crippen LogP contribution >= 0.6 is 0 Å². The van der Waals surface area contributed by atoms with Gasteiger partial charge in [-0.3, -0.25) is 0 Å². The molecule has 2 rings (SSSR count). The fraction of sp³-hybridized carbons (Fsp3) is 0.312. The minimum atomic E-state index is 0.460. The third-order valence-electron chi connectivity index (χ3n) is 2.99. The van der Waals surface area contributed by atoms with Crippen molar-refractivity contribution in [2.24, 2.45) is 5.73 Å². The van der Waals surface area contributed by atoms with Crippen molar-refractivity contribution in [1.82, 2.24) is 4.98 Å². The molecule has 0 saturated heterocycles. The van der Waals surface area contributed by atoms with Crippen LogP contribution < -0.4 is 10.5 Å². The van der Waals surface area contributed by atoms with E-state index in [0.717, 1.165) is 24.1 Å². The van der Waals surface area contributed by atoms with Crippen LogP contribution in [-0.4, -0.2) is 11.6 Å². The molecule has 2 aromatic rings. The molecule has 0 aliphatic carbocycles. The van der Waals surface area contributed by atoms with Crippen LogP contribution in [0.5, 0.6) is 5.88 Å². The standard InChI is InChI=1S/C16H20N2O/c1-13-9-10-15(12-17)16(18-13)19-11-5-8-14-6-3-2-4-7-14/h2-4,6-7,9-10H,5,8,11-12,17H2,1H3. The largest absolute Gasteiger partial charge is 0.477 e. The second-order valence-electron chi connectivity index (χ2n) is 4.56. The summed E-state index contributed by atoms with van der Waals surface area (Å²) < 4.78 is 5.74. The van der Waals surface area contributed by atoms with Gasteiger partial charge in [0.15, 0.2) is 0 Å². The molecule has 0 aliphatic rings. The molecule has 3 nitrogen and oxygen atoms in total. The molecule has 0 saturated carbocycles. The van der Waals surface area contributed by atoms with E-state index in [1.807, 2.05) is 25.1 Å². The number of rotatable bonds is 6. The molecule has 19 heavy (non-hydrogen) atoms. The molecule has 0 atom stereocenters. The summed E-state index contributed by atoms with van der Waals surface area (Å²) in [5, 5.41) is 0. The predicted molar refractivity (Wildman–Crippen MR) is 77.1 cm³/mol. The molecule has 2 N–H and O–H groups in total. The second kappa shape index (κ2) is 6.90. The van der Waals surface area contributed by atoms with Crippen molar-refractivity contribution >= 4 is 0 Å². The molecule has 100 valence electrons. The van der Waals surface area contributed by atoms with Crippen LogP contribution in [0.1, 0.15) is 23.2 Å². The summed E-state index contributed by atoms with van der Waals surface area (Å²) in [6, 6.07) is 14.4. The third kappa shape index (κ3) is 4.07. The first-order chi connectivity index (χ1) is 9.29. The number of ether oxygens (including phenoxy) is 1. The lowest BCUT2D eigenvalue weighted by Crippen LogP contribution is -2.07. The monoisotopic (exact) mass is 256 g/mol. The highest BCUT2D eigenvalue weighted by Crippen LogP contribution is 2.16. The molecule has 0 fully saturated rings. The normalized spacial score (nSPS) is 10.4. The Morgan fingerprint density at radius 2 is 1.89 bits per heavy atom. The zero-order chi connectivity index (χ0) is 13.5. The van der Waals surface area contributed by atoms with Crippen molar-refractivity contribution in [1.29, 1.82) is 0 Å². The van der Waals surface area contributed by atoms with Gasteiger partial charge >= 0.3 is 0 Å². The molecule has 0 unspecified atom stereocenters. The summed E-state index contributed by atoms with van der Waals surface area (Å²) in [5.74, 6) is 0.676.